The van der Waals surface area contributed by atoms with Crippen LogP contribution in [0.15, 0.2) is 40.7 Å². The highest BCUT2D eigenvalue weighted by Gasteiger charge is 2.39. The summed E-state index contributed by atoms with van der Waals surface area (Å²) in [6.07, 6.45) is 2.71. The molecule has 1 aromatic carbocycles. The number of carbonyl (C=O) groups is 2. The standard InChI is InChI=1S/C24H31NO5/c1-6-12-29-19-11-10-16(13-20(19)28-5)22-21(24(27)30-14(2)3)15(4)25-17-8-7-9-18(26)23(17)22/h10-11,13-14,22,25H,6-9,12H2,1-5H3. The molecular weight excluding hydrogens is 382 g/mol. The topological polar surface area (TPSA) is 73.9 Å². The Balaban J connectivity index is 2.12. The van der Waals surface area contributed by atoms with Crippen molar-refractivity contribution in [2.75, 3.05) is 13.7 Å². The summed E-state index contributed by atoms with van der Waals surface area (Å²) in [5, 5.41) is 3.30. The molecule has 2 aliphatic rings. The number of Topliss-reactive ketones (excluding diaryl/α,β-unsaturated/α-hetero) is 1. The van der Waals surface area contributed by atoms with Gasteiger partial charge in [0.25, 0.3) is 0 Å². The van der Waals surface area contributed by atoms with E-state index >= 15 is 0 Å². The largest absolute Gasteiger partial charge is 0.493 e. The van der Waals surface area contributed by atoms with Gasteiger partial charge in [0.1, 0.15) is 0 Å². The van der Waals surface area contributed by atoms with E-state index in [2.05, 4.69) is 5.32 Å². The van der Waals surface area contributed by atoms with Gasteiger partial charge in [-0.3, -0.25) is 4.79 Å². The fourth-order valence-electron chi connectivity index (χ4n) is 4.06. The lowest BCUT2D eigenvalue weighted by atomic mass is 9.75. The van der Waals surface area contributed by atoms with Crippen molar-refractivity contribution in [1.82, 2.24) is 5.32 Å². The second kappa shape index (κ2) is 9.37. The van der Waals surface area contributed by atoms with Crippen LogP contribution in [0.3, 0.4) is 0 Å². The number of benzene rings is 1. The minimum atomic E-state index is -0.491. The smallest absolute Gasteiger partial charge is 0.337 e. The van der Waals surface area contributed by atoms with Gasteiger partial charge in [0, 0.05) is 29.3 Å². The van der Waals surface area contributed by atoms with Gasteiger partial charge in [-0.05, 0) is 57.7 Å². The van der Waals surface area contributed by atoms with E-state index in [0.717, 1.165) is 36.2 Å². The summed E-state index contributed by atoms with van der Waals surface area (Å²) in [4.78, 5) is 26.0. The third-order valence-corrected chi connectivity index (χ3v) is 5.32. The van der Waals surface area contributed by atoms with Gasteiger partial charge in [0.05, 0.1) is 25.4 Å². The number of rotatable bonds is 7. The van der Waals surface area contributed by atoms with Gasteiger partial charge >= 0.3 is 5.97 Å². The van der Waals surface area contributed by atoms with Crippen molar-refractivity contribution in [3.8, 4) is 11.5 Å². The third kappa shape index (κ3) is 4.37. The average molecular weight is 414 g/mol. The van der Waals surface area contributed by atoms with Crippen LogP contribution in [0, 0.1) is 0 Å². The number of dihydropyridines is 1. The van der Waals surface area contributed by atoms with E-state index in [0.29, 0.717) is 35.7 Å². The summed E-state index contributed by atoms with van der Waals surface area (Å²) in [5.41, 5.74) is 3.58. The van der Waals surface area contributed by atoms with E-state index in [-0.39, 0.29) is 11.9 Å². The molecule has 1 aliphatic carbocycles. The van der Waals surface area contributed by atoms with Gasteiger partial charge in [0.2, 0.25) is 0 Å². The molecule has 1 aliphatic heterocycles. The molecule has 0 bridgehead atoms. The van der Waals surface area contributed by atoms with E-state index in [4.69, 9.17) is 14.2 Å². The molecular formula is C24H31NO5. The number of esters is 1. The van der Waals surface area contributed by atoms with Crippen LogP contribution in [-0.2, 0) is 14.3 Å². The maximum Gasteiger partial charge on any atom is 0.337 e. The molecule has 30 heavy (non-hydrogen) atoms. The van der Waals surface area contributed by atoms with Gasteiger partial charge in [-0.25, -0.2) is 4.79 Å². The summed E-state index contributed by atoms with van der Waals surface area (Å²) in [6.45, 7) is 8.13. The second-order valence-electron chi connectivity index (χ2n) is 7.98. The fraction of sp³-hybridized carbons (Fsp3) is 0.500. The van der Waals surface area contributed by atoms with Crippen LogP contribution in [0.2, 0.25) is 0 Å². The highest BCUT2D eigenvalue weighted by molar-refractivity contribution is 6.03. The lowest BCUT2D eigenvalue weighted by molar-refractivity contribution is -0.143. The maximum atomic E-state index is 13.0. The number of ether oxygens (including phenoxy) is 3. The van der Waals surface area contributed by atoms with Crippen molar-refractivity contribution in [3.63, 3.8) is 0 Å². The van der Waals surface area contributed by atoms with Crippen molar-refractivity contribution in [3.05, 3.63) is 46.3 Å². The Kier molecular flexibility index (Phi) is 6.85. The third-order valence-electron chi connectivity index (χ3n) is 5.32. The van der Waals surface area contributed by atoms with E-state index in [9.17, 15) is 9.59 Å². The van der Waals surface area contributed by atoms with Crippen LogP contribution >= 0.6 is 0 Å². The summed E-state index contributed by atoms with van der Waals surface area (Å²) >= 11 is 0. The number of nitrogens with one attached hydrogen (secondary N) is 1. The van der Waals surface area contributed by atoms with Crippen molar-refractivity contribution < 1.29 is 23.8 Å². The number of allylic oxidation sites excluding steroid dienone is 3. The second-order valence-corrected chi connectivity index (χ2v) is 7.98. The first kappa shape index (κ1) is 21.9. The molecule has 1 unspecified atom stereocenters. The monoisotopic (exact) mass is 413 g/mol. The Morgan fingerprint density at radius 3 is 2.67 bits per heavy atom. The predicted molar refractivity (Wildman–Crippen MR) is 114 cm³/mol. The molecule has 3 rings (SSSR count). The summed E-state index contributed by atoms with van der Waals surface area (Å²) < 4.78 is 16.9. The zero-order valence-electron chi connectivity index (χ0n) is 18.5. The van der Waals surface area contributed by atoms with Gasteiger partial charge in [-0.1, -0.05) is 13.0 Å². The number of ketones is 1. The SMILES string of the molecule is CCCOc1ccc(C2C(C(=O)OC(C)C)=C(C)NC3=C2C(=O)CCC3)cc1OC. The molecule has 0 fully saturated rings. The van der Waals surface area contributed by atoms with E-state index in [1.54, 1.807) is 7.11 Å². The summed E-state index contributed by atoms with van der Waals surface area (Å²) in [5.74, 6) is 0.401. The van der Waals surface area contributed by atoms with Crippen LogP contribution < -0.4 is 14.8 Å². The van der Waals surface area contributed by atoms with E-state index < -0.39 is 11.9 Å². The van der Waals surface area contributed by atoms with Gasteiger partial charge in [-0.15, -0.1) is 0 Å². The van der Waals surface area contributed by atoms with E-state index in [1.165, 1.54) is 0 Å². The molecule has 0 aromatic heterocycles. The van der Waals surface area contributed by atoms with Crippen LogP contribution in [0.5, 0.6) is 11.5 Å². The highest BCUT2D eigenvalue weighted by Crippen LogP contribution is 2.44. The summed E-state index contributed by atoms with van der Waals surface area (Å²) in [6, 6.07) is 5.62. The highest BCUT2D eigenvalue weighted by atomic mass is 16.5. The molecule has 0 radical (unpaired) electrons. The molecule has 6 heteroatoms. The van der Waals surface area contributed by atoms with Crippen LogP contribution in [0.1, 0.15) is 64.9 Å². The molecule has 1 aromatic rings. The minimum Gasteiger partial charge on any atom is -0.493 e. The molecule has 6 nitrogen and oxygen atoms in total. The lowest BCUT2D eigenvalue weighted by Crippen LogP contribution is -2.35. The van der Waals surface area contributed by atoms with Crippen molar-refractivity contribution >= 4 is 11.8 Å². The van der Waals surface area contributed by atoms with Gasteiger partial charge in [-0.2, -0.15) is 0 Å². The first-order valence-electron chi connectivity index (χ1n) is 10.6. The molecule has 1 atom stereocenters. The van der Waals surface area contributed by atoms with Gasteiger partial charge in [0.15, 0.2) is 17.3 Å². The molecule has 162 valence electrons. The predicted octanol–water partition coefficient (Wildman–Crippen LogP) is 4.40. The lowest BCUT2D eigenvalue weighted by Gasteiger charge is -2.34. The molecule has 0 spiro atoms. The van der Waals surface area contributed by atoms with Gasteiger partial charge < -0.3 is 19.5 Å². The molecule has 0 saturated carbocycles. The van der Waals surface area contributed by atoms with Crippen molar-refractivity contribution in [2.24, 2.45) is 0 Å². The minimum absolute atomic E-state index is 0.0707. The Labute approximate surface area is 178 Å². The number of methoxy groups -OCH3 is 1. The van der Waals surface area contributed by atoms with E-state index in [1.807, 2.05) is 45.9 Å². The first-order chi connectivity index (χ1) is 14.4. The summed E-state index contributed by atoms with van der Waals surface area (Å²) in [7, 11) is 1.59. The molecule has 0 saturated heterocycles. The molecule has 1 N–H and O–H groups in total. The Morgan fingerprint density at radius 2 is 2.00 bits per heavy atom. The maximum absolute atomic E-state index is 13.0. The van der Waals surface area contributed by atoms with Crippen LogP contribution in [0.25, 0.3) is 0 Å². The molecule has 1 heterocycles. The normalized spacial score (nSPS) is 18.9. The fourth-order valence-corrected chi connectivity index (χ4v) is 4.06. The van der Waals surface area contributed by atoms with Crippen molar-refractivity contribution in [2.45, 2.75) is 65.4 Å². The first-order valence-corrected chi connectivity index (χ1v) is 10.6. The number of hydrogen-bond donors (Lipinski definition) is 1. The number of hydrogen-bond acceptors (Lipinski definition) is 6. The average Bonchev–Trinajstić information content (AvgIpc) is 2.70. The van der Waals surface area contributed by atoms with Crippen LogP contribution in [0.4, 0.5) is 0 Å². The quantitative estimate of drug-likeness (QED) is 0.668. The number of carbonyl (C=O) groups excluding carboxylic acids is 2. The van der Waals surface area contributed by atoms with Crippen LogP contribution in [-0.4, -0.2) is 31.6 Å². The Hall–Kier alpha value is -2.76. The zero-order chi connectivity index (χ0) is 21.8. The van der Waals surface area contributed by atoms with Crippen molar-refractivity contribution in [1.29, 1.82) is 0 Å². The zero-order valence-corrected chi connectivity index (χ0v) is 18.5. The Bertz CT molecular complexity index is 897. The Morgan fingerprint density at radius 1 is 1.23 bits per heavy atom. The molecule has 0 amide bonds.